The minimum Gasteiger partial charge on any atom is -0.384 e. The van der Waals surface area contributed by atoms with Gasteiger partial charge in [-0.1, -0.05) is 11.6 Å². The number of anilines is 2. The van der Waals surface area contributed by atoms with Crippen molar-refractivity contribution < 1.29 is 4.74 Å². The molecule has 7 heteroatoms. The standard InChI is InChI=1S/C13H17ClN4OS/c1-3-19-8-12-16-11(15)6-13(17-12)18(2)7-9-4-5-10(14)20-9/h4-6H,3,7-8H2,1-2H3,(H2,15,16,17). The SMILES string of the molecule is CCOCc1nc(N)cc(N(C)Cc2ccc(Cl)s2)n1. The van der Waals surface area contributed by atoms with Gasteiger partial charge < -0.3 is 15.4 Å². The number of hydrogen-bond acceptors (Lipinski definition) is 6. The van der Waals surface area contributed by atoms with Crippen LogP contribution in [-0.4, -0.2) is 23.6 Å². The maximum atomic E-state index is 5.94. The van der Waals surface area contributed by atoms with Crippen LogP contribution in [0, 0.1) is 0 Å². The van der Waals surface area contributed by atoms with Crippen molar-refractivity contribution in [2.24, 2.45) is 0 Å². The number of thiophene rings is 1. The minimum atomic E-state index is 0.368. The molecule has 5 nitrogen and oxygen atoms in total. The average Bonchev–Trinajstić information content (AvgIpc) is 2.81. The van der Waals surface area contributed by atoms with E-state index in [-0.39, 0.29) is 0 Å². The Morgan fingerprint density at radius 1 is 1.40 bits per heavy atom. The fraction of sp³-hybridized carbons (Fsp3) is 0.385. The van der Waals surface area contributed by atoms with Gasteiger partial charge in [0.1, 0.15) is 18.2 Å². The number of aromatic nitrogens is 2. The zero-order valence-electron chi connectivity index (χ0n) is 11.5. The quantitative estimate of drug-likeness (QED) is 0.888. The highest BCUT2D eigenvalue weighted by atomic mass is 35.5. The summed E-state index contributed by atoms with van der Waals surface area (Å²) in [6.07, 6.45) is 0. The lowest BCUT2D eigenvalue weighted by Gasteiger charge is -2.18. The topological polar surface area (TPSA) is 64.3 Å². The molecule has 0 atom stereocenters. The van der Waals surface area contributed by atoms with E-state index in [9.17, 15) is 0 Å². The van der Waals surface area contributed by atoms with Crippen LogP contribution in [-0.2, 0) is 17.9 Å². The van der Waals surface area contributed by atoms with Crippen molar-refractivity contribution in [2.75, 3.05) is 24.3 Å². The van der Waals surface area contributed by atoms with E-state index in [2.05, 4.69) is 9.97 Å². The Morgan fingerprint density at radius 2 is 2.20 bits per heavy atom. The van der Waals surface area contributed by atoms with E-state index in [0.29, 0.717) is 24.9 Å². The fourth-order valence-electron chi connectivity index (χ4n) is 1.71. The van der Waals surface area contributed by atoms with Gasteiger partial charge in [0.2, 0.25) is 0 Å². The molecule has 0 bridgehead atoms. The molecular formula is C13H17ClN4OS. The maximum Gasteiger partial charge on any atom is 0.158 e. The van der Waals surface area contributed by atoms with Crippen LogP contribution in [0.25, 0.3) is 0 Å². The van der Waals surface area contributed by atoms with E-state index in [1.54, 1.807) is 17.4 Å². The zero-order valence-corrected chi connectivity index (χ0v) is 13.0. The number of halogens is 1. The van der Waals surface area contributed by atoms with E-state index in [0.717, 1.165) is 16.7 Å². The Hall–Kier alpha value is -1.37. The largest absolute Gasteiger partial charge is 0.384 e. The molecule has 0 amide bonds. The second kappa shape index (κ2) is 6.88. The molecule has 20 heavy (non-hydrogen) atoms. The summed E-state index contributed by atoms with van der Waals surface area (Å²) < 4.78 is 6.10. The van der Waals surface area contributed by atoms with Crippen LogP contribution in [0.2, 0.25) is 4.34 Å². The number of nitrogens with two attached hydrogens (primary N) is 1. The highest BCUT2D eigenvalue weighted by molar-refractivity contribution is 7.16. The predicted molar refractivity (Wildman–Crippen MR) is 83.2 cm³/mol. The van der Waals surface area contributed by atoms with Crippen LogP contribution in [0.3, 0.4) is 0 Å². The molecule has 0 aliphatic rings. The Bertz CT molecular complexity index is 575. The molecule has 0 unspecified atom stereocenters. The van der Waals surface area contributed by atoms with Gasteiger partial charge in [-0.25, -0.2) is 9.97 Å². The van der Waals surface area contributed by atoms with Gasteiger partial charge in [0.15, 0.2) is 5.82 Å². The van der Waals surface area contributed by atoms with Gasteiger partial charge >= 0.3 is 0 Å². The summed E-state index contributed by atoms with van der Waals surface area (Å²) in [5.74, 6) is 1.82. The molecule has 0 radical (unpaired) electrons. The molecular weight excluding hydrogens is 296 g/mol. The molecule has 0 fully saturated rings. The zero-order chi connectivity index (χ0) is 14.5. The minimum absolute atomic E-state index is 0.368. The summed E-state index contributed by atoms with van der Waals surface area (Å²) >= 11 is 7.49. The van der Waals surface area contributed by atoms with E-state index < -0.39 is 0 Å². The third-order valence-corrected chi connectivity index (χ3v) is 3.84. The normalized spacial score (nSPS) is 10.8. The Balaban J connectivity index is 2.12. The van der Waals surface area contributed by atoms with Crippen molar-refractivity contribution in [3.05, 3.63) is 33.2 Å². The number of ether oxygens (including phenoxy) is 1. The molecule has 2 N–H and O–H groups in total. The highest BCUT2D eigenvalue weighted by Crippen LogP contribution is 2.24. The number of hydrogen-bond donors (Lipinski definition) is 1. The lowest BCUT2D eigenvalue weighted by Crippen LogP contribution is -2.18. The van der Waals surface area contributed by atoms with E-state index in [1.165, 1.54) is 4.88 Å². The van der Waals surface area contributed by atoms with E-state index in [1.807, 2.05) is 31.0 Å². The molecule has 2 rings (SSSR count). The molecule has 2 aromatic heterocycles. The molecule has 0 aromatic carbocycles. The monoisotopic (exact) mass is 312 g/mol. The smallest absolute Gasteiger partial charge is 0.158 e. The summed E-state index contributed by atoms with van der Waals surface area (Å²) in [6.45, 7) is 3.64. The summed E-state index contributed by atoms with van der Waals surface area (Å²) in [7, 11) is 1.96. The average molecular weight is 313 g/mol. The van der Waals surface area contributed by atoms with E-state index >= 15 is 0 Å². The lowest BCUT2D eigenvalue weighted by molar-refractivity contribution is 0.128. The highest BCUT2D eigenvalue weighted by Gasteiger charge is 2.09. The first-order valence-electron chi connectivity index (χ1n) is 6.25. The van der Waals surface area contributed by atoms with Crippen LogP contribution in [0.4, 0.5) is 11.6 Å². The molecule has 0 saturated heterocycles. The number of rotatable bonds is 6. The molecule has 0 saturated carbocycles. The van der Waals surface area contributed by atoms with E-state index in [4.69, 9.17) is 22.1 Å². The number of nitrogens with zero attached hydrogens (tertiary/aromatic N) is 3. The van der Waals surface area contributed by atoms with Crippen LogP contribution in [0.1, 0.15) is 17.6 Å². The molecule has 0 aliphatic heterocycles. The van der Waals surface area contributed by atoms with Gasteiger partial charge in [-0.2, -0.15) is 0 Å². The molecule has 2 heterocycles. The summed E-state index contributed by atoms with van der Waals surface area (Å²) in [6, 6.07) is 5.66. The lowest BCUT2D eigenvalue weighted by atomic mass is 10.4. The number of nitrogen functional groups attached to an aromatic ring is 1. The maximum absolute atomic E-state index is 5.94. The van der Waals surface area contributed by atoms with Crippen LogP contribution in [0.5, 0.6) is 0 Å². The van der Waals surface area contributed by atoms with Gasteiger partial charge in [-0.3, -0.25) is 0 Å². The van der Waals surface area contributed by atoms with Crippen molar-refractivity contribution >= 4 is 34.6 Å². The van der Waals surface area contributed by atoms with Crippen LogP contribution >= 0.6 is 22.9 Å². The van der Waals surface area contributed by atoms with Gasteiger partial charge in [-0.05, 0) is 19.1 Å². The van der Waals surface area contributed by atoms with Crippen LogP contribution in [0.15, 0.2) is 18.2 Å². The predicted octanol–water partition coefficient (Wildman–Crippen LogP) is 2.95. The van der Waals surface area contributed by atoms with Crippen LogP contribution < -0.4 is 10.6 Å². The first-order valence-corrected chi connectivity index (χ1v) is 7.44. The van der Waals surface area contributed by atoms with Crippen molar-refractivity contribution in [1.29, 1.82) is 0 Å². The van der Waals surface area contributed by atoms with Gasteiger partial charge in [-0.15, -0.1) is 11.3 Å². The fourth-order valence-corrected chi connectivity index (χ4v) is 2.85. The summed E-state index contributed by atoms with van der Waals surface area (Å²) in [5, 5.41) is 0. The summed E-state index contributed by atoms with van der Waals surface area (Å²) in [4.78, 5) is 11.8. The van der Waals surface area contributed by atoms with Gasteiger partial charge in [0, 0.05) is 24.6 Å². The van der Waals surface area contributed by atoms with Crippen molar-refractivity contribution in [2.45, 2.75) is 20.1 Å². The third kappa shape index (κ3) is 4.06. The summed E-state index contributed by atoms with van der Waals surface area (Å²) in [5.41, 5.74) is 5.81. The first kappa shape index (κ1) is 15.0. The Morgan fingerprint density at radius 3 is 2.85 bits per heavy atom. The Kier molecular flexibility index (Phi) is 5.17. The first-order chi connectivity index (χ1) is 9.58. The molecule has 108 valence electrons. The molecule has 2 aromatic rings. The molecule has 0 aliphatic carbocycles. The second-order valence-corrected chi connectivity index (χ2v) is 6.07. The van der Waals surface area contributed by atoms with Crippen molar-refractivity contribution in [3.8, 4) is 0 Å². The Labute approximate surface area is 127 Å². The van der Waals surface area contributed by atoms with Gasteiger partial charge in [0.25, 0.3) is 0 Å². The third-order valence-electron chi connectivity index (χ3n) is 2.63. The second-order valence-electron chi connectivity index (χ2n) is 4.27. The van der Waals surface area contributed by atoms with Crippen molar-refractivity contribution in [1.82, 2.24) is 9.97 Å². The van der Waals surface area contributed by atoms with Gasteiger partial charge in [0.05, 0.1) is 10.9 Å². The molecule has 0 spiro atoms. The van der Waals surface area contributed by atoms with Crippen molar-refractivity contribution in [3.63, 3.8) is 0 Å².